The molecular formula is C39H42N6O2. The van der Waals surface area contributed by atoms with E-state index in [4.69, 9.17) is 9.97 Å². The van der Waals surface area contributed by atoms with Crippen molar-refractivity contribution in [2.45, 2.75) is 58.8 Å². The molecule has 47 heavy (non-hydrogen) atoms. The number of pyridine rings is 2. The Kier molecular flexibility index (Phi) is 10.1. The molecule has 6 aromatic rings. The number of para-hydroxylation sites is 2. The van der Waals surface area contributed by atoms with Crippen LogP contribution in [0.2, 0.25) is 0 Å². The van der Waals surface area contributed by atoms with Gasteiger partial charge in [-0.15, -0.1) is 0 Å². The predicted molar refractivity (Wildman–Crippen MR) is 194 cm³/mol. The van der Waals surface area contributed by atoms with Gasteiger partial charge in [-0.3, -0.25) is 9.97 Å². The molecule has 8 nitrogen and oxygen atoms in total. The number of nitrogens with one attached hydrogen (secondary N) is 4. The predicted octanol–water partition coefficient (Wildman–Crippen LogP) is 9.38. The highest BCUT2D eigenvalue weighted by Crippen LogP contribution is 2.29. The molecule has 0 spiro atoms. The van der Waals surface area contributed by atoms with Gasteiger partial charge < -0.3 is 21.3 Å². The molecule has 0 saturated heterocycles. The zero-order valence-electron chi connectivity index (χ0n) is 27.2. The lowest BCUT2D eigenvalue weighted by Gasteiger charge is -2.11. The summed E-state index contributed by atoms with van der Waals surface area (Å²) < 4.78 is 0. The molecule has 0 aliphatic carbocycles. The number of fused-ring (bicyclic) bond motifs is 6. The molecule has 0 unspecified atom stereocenters. The van der Waals surface area contributed by atoms with Gasteiger partial charge in [0.05, 0.1) is 11.0 Å². The molecule has 4 N–H and O–H groups in total. The van der Waals surface area contributed by atoms with Gasteiger partial charge in [0.1, 0.15) is 0 Å². The zero-order chi connectivity index (χ0) is 32.6. The summed E-state index contributed by atoms with van der Waals surface area (Å²) in [5.74, 6) is 0. The van der Waals surface area contributed by atoms with Crippen molar-refractivity contribution in [2.75, 3.05) is 23.7 Å². The molecule has 0 fully saturated rings. The number of nitrogens with zero attached hydrogens (tertiary/aromatic N) is 2. The van der Waals surface area contributed by atoms with Crippen LogP contribution >= 0.6 is 0 Å². The molecule has 0 saturated carbocycles. The zero-order valence-corrected chi connectivity index (χ0v) is 27.2. The quantitative estimate of drug-likeness (QED) is 0.0802. The van der Waals surface area contributed by atoms with Gasteiger partial charge in [0.2, 0.25) is 0 Å². The van der Waals surface area contributed by atoms with Gasteiger partial charge in [-0.1, -0.05) is 80.6 Å². The number of hydrogen-bond donors (Lipinski definition) is 4. The minimum Gasteiger partial charge on any atom is -0.338 e. The molecule has 2 heterocycles. The Morgan fingerprint density at radius 2 is 0.894 bits per heavy atom. The first kappa shape index (κ1) is 31.7. The Balaban J connectivity index is 0.824. The van der Waals surface area contributed by atoms with Crippen LogP contribution in [0.3, 0.4) is 0 Å². The lowest BCUT2D eigenvalue weighted by atomic mass is 10.0. The second-order valence-corrected chi connectivity index (χ2v) is 12.2. The first-order chi connectivity index (χ1) is 23.0. The number of urea groups is 2. The van der Waals surface area contributed by atoms with Crippen LogP contribution in [-0.4, -0.2) is 35.1 Å². The van der Waals surface area contributed by atoms with Crippen LogP contribution in [0.15, 0.2) is 84.9 Å². The van der Waals surface area contributed by atoms with Crippen LogP contribution in [-0.2, 0) is 0 Å². The van der Waals surface area contributed by atoms with Crippen molar-refractivity contribution in [1.82, 2.24) is 20.6 Å². The van der Waals surface area contributed by atoms with Crippen molar-refractivity contribution in [1.29, 1.82) is 0 Å². The summed E-state index contributed by atoms with van der Waals surface area (Å²) in [4.78, 5) is 34.4. The molecule has 2 aromatic heterocycles. The number of carbonyl (C=O) groups is 2. The third-order valence-electron chi connectivity index (χ3n) is 8.72. The number of aromatic nitrogens is 2. The minimum absolute atomic E-state index is 0.186. The van der Waals surface area contributed by atoms with E-state index in [1.54, 1.807) is 0 Å². The fourth-order valence-electron chi connectivity index (χ4n) is 6.28. The third-order valence-corrected chi connectivity index (χ3v) is 8.72. The summed E-state index contributed by atoms with van der Waals surface area (Å²) in [5, 5.41) is 18.5. The van der Waals surface area contributed by atoms with Crippen molar-refractivity contribution < 1.29 is 9.59 Å². The molecule has 6 rings (SSSR count). The molecular weight excluding hydrogens is 584 g/mol. The molecule has 0 atom stereocenters. The Labute approximate surface area is 275 Å². The van der Waals surface area contributed by atoms with Gasteiger partial charge in [-0.2, -0.15) is 0 Å². The summed E-state index contributed by atoms with van der Waals surface area (Å²) in [5.41, 5.74) is 5.38. The van der Waals surface area contributed by atoms with E-state index < -0.39 is 0 Å². The van der Waals surface area contributed by atoms with Crippen molar-refractivity contribution >= 4 is 66.8 Å². The standard InChI is InChI=1S/C39H42N6O2/c1-26-34-24-28(18-20-30(34)32-14-8-10-16-36(32)42-26)44-38(46)40-22-12-6-4-3-5-7-13-23-41-39(47)45-29-19-21-31-33-15-9-11-17-37(33)43-27(2)35(31)25-29/h8-11,14-21,24-25H,3-7,12-13,22-23H2,1-2H3,(H2,40,44,46)(H2,41,45,47). The second-order valence-electron chi connectivity index (χ2n) is 12.2. The van der Waals surface area contributed by atoms with Gasteiger partial charge in [0.25, 0.3) is 0 Å². The highest BCUT2D eigenvalue weighted by molar-refractivity contribution is 6.09. The van der Waals surface area contributed by atoms with E-state index in [0.29, 0.717) is 13.1 Å². The Morgan fingerprint density at radius 1 is 0.489 bits per heavy atom. The number of amides is 4. The number of hydrogen-bond acceptors (Lipinski definition) is 4. The number of aryl methyl sites for hydroxylation is 2. The number of rotatable bonds is 12. The summed E-state index contributed by atoms with van der Waals surface area (Å²) in [6, 6.07) is 27.9. The van der Waals surface area contributed by atoms with E-state index >= 15 is 0 Å². The van der Waals surface area contributed by atoms with Gasteiger partial charge in [0, 0.05) is 57.4 Å². The molecule has 0 aliphatic rings. The van der Waals surface area contributed by atoms with Crippen LogP contribution < -0.4 is 21.3 Å². The third kappa shape index (κ3) is 7.77. The highest BCUT2D eigenvalue weighted by atomic mass is 16.2. The highest BCUT2D eigenvalue weighted by Gasteiger charge is 2.10. The van der Waals surface area contributed by atoms with Crippen molar-refractivity contribution in [3.63, 3.8) is 0 Å². The van der Waals surface area contributed by atoms with Crippen LogP contribution in [0.25, 0.3) is 43.4 Å². The number of anilines is 2. The fraction of sp³-hybridized carbons (Fsp3) is 0.282. The van der Waals surface area contributed by atoms with Crippen LogP contribution in [0, 0.1) is 13.8 Å². The van der Waals surface area contributed by atoms with Crippen LogP contribution in [0.1, 0.15) is 56.3 Å². The van der Waals surface area contributed by atoms with E-state index in [1.807, 2.05) is 74.5 Å². The first-order valence-corrected chi connectivity index (χ1v) is 16.6. The van der Waals surface area contributed by atoms with E-state index in [-0.39, 0.29) is 12.1 Å². The number of benzene rings is 4. The average molecular weight is 627 g/mol. The molecule has 8 heteroatoms. The van der Waals surface area contributed by atoms with E-state index in [0.717, 1.165) is 111 Å². The topological polar surface area (TPSA) is 108 Å². The summed E-state index contributed by atoms with van der Waals surface area (Å²) >= 11 is 0. The molecule has 0 radical (unpaired) electrons. The van der Waals surface area contributed by atoms with Gasteiger partial charge in [-0.25, -0.2) is 9.59 Å². The van der Waals surface area contributed by atoms with Gasteiger partial charge >= 0.3 is 12.1 Å². The Hall–Kier alpha value is -5.24. The van der Waals surface area contributed by atoms with Crippen molar-refractivity contribution in [3.05, 3.63) is 96.3 Å². The van der Waals surface area contributed by atoms with Gasteiger partial charge in [-0.05, 0) is 73.9 Å². The van der Waals surface area contributed by atoms with E-state index in [9.17, 15) is 9.59 Å². The maximum atomic E-state index is 12.5. The molecule has 240 valence electrons. The Bertz CT molecular complexity index is 1910. The maximum Gasteiger partial charge on any atom is 0.319 e. The normalized spacial score (nSPS) is 11.3. The maximum absolute atomic E-state index is 12.5. The van der Waals surface area contributed by atoms with E-state index in [1.165, 1.54) is 0 Å². The first-order valence-electron chi connectivity index (χ1n) is 16.6. The number of unbranched alkanes of at least 4 members (excludes halogenated alkanes) is 6. The van der Waals surface area contributed by atoms with Crippen molar-refractivity contribution in [2.24, 2.45) is 0 Å². The fourth-order valence-corrected chi connectivity index (χ4v) is 6.28. The molecule has 0 aliphatic heterocycles. The summed E-state index contributed by atoms with van der Waals surface area (Å²) in [6.45, 7) is 5.30. The second kappa shape index (κ2) is 14.9. The SMILES string of the molecule is Cc1nc2ccccc2c2ccc(NC(=O)NCCCCCCCCCNC(=O)Nc3ccc4c(c3)c(C)nc3ccccc34)cc12. The van der Waals surface area contributed by atoms with Crippen LogP contribution in [0.4, 0.5) is 21.0 Å². The van der Waals surface area contributed by atoms with E-state index in [2.05, 4.69) is 45.5 Å². The summed E-state index contributed by atoms with van der Waals surface area (Å²) in [7, 11) is 0. The summed E-state index contributed by atoms with van der Waals surface area (Å²) in [6.07, 6.45) is 7.46. The lowest BCUT2D eigenvalue weighted by Crippen LogP contribution is -2.29. The molecule has 4 amide bonds. The molecule has 4 aromatic carbocycles. The number of carbonyl (C=O) groups excluding carboxylic acids is 2. The lowest BCUT2D eigenvalue weighted by molar-refractivity contribution is 0.251. The van der Waals surface area contributed by atoms with Crippen LogP contribution in [0.5, 0.6) is 0 Å². The van der Waals surface area contributed by atoms with Crippen molar-refractivity contribution in [3.8, 4) is 0 Å². The minimum atomic E-state index is -0.186. The monoisotopic (exact) mass is 626 g/mol. The largest absolute Gasteiger partial charge is 0.338 e. The molecule has 0 bridgehead atoms. The Morgan fingerprint density at radius 3 is 1.34 bits per heavy atom. The van der Waals surface area contributed by atoms with Gasteiger partial charge in [0.15, 0.2) is 0 Å². The average Bonchev–Trinajstić information content (AvgIpc) is 3.07. The smallest absolute Gasteiger partial charge is 0.319 e.